The second-order valence-corrected chi connectivity index (χ2v) is 5.41. The average Bonchev–Trinajstić information content (AvgIpc) is 2.75. The van der Waals surface area contributed by atoms with E-state index in [1.807, 2.05) is 0 Å². The molecule has 2 aromatic heterocycles. The summed E-state index contributed by atoms with van der Waals surface area (Å²) >= 11 is 0. The lowest BCUT2D eigenvalue weighted by Gasteiger charge is -2.08. The summed E-state index contributed by atoms with van der Waals surface area (Å²) in [6, 6.07) is 0. The highest BCUT2D eigenvalue weighted by atomic mass is 32.2. The Kier molecular flexibility index (Phi) is 3.34. The number of hydrogen-bond donors (Lipinski definition) is 3. The van der Waals surface area contributed by atoms with Crippen LogP contribution in [0.3, 0.4) is 0 Å². The quantitative estimate of drug-likeness (QED) is 0.673. The number of hydrogen-bond acceptors (Lipinski definition) is 6. The molecule has 0 unspecified atom stereocenters. The molecular formula is C9H14N6O2S. The molecule has 18 heavy (non-hydrogen) atoms. The molecule has 2 heterocycles. The summed E-state index contributed by atoms with van der Waals surface area (Å²) in [6.45, 7) is 0.182. The number of nitrogens with one attached hydrogen (secondary N) is 2. The van der Waals surface area contributed by atoms with Crippen LogP contribution in [0.5, 0.6) is 0 Å². The van der Waals surface area contributed by atoms with Crippen LogP contribution in [0.15, 0.2) is 18.6 Å². The first-order valence-corrected chi connectivity index (χ1v) is 6.97. The molecule has 0 saturated heterocycles. The van der Waals surface area contributed by atoms with Gasteiger partial charge in [-0.3, -0.25) is 0 Å². The normalized spacial score (nSPS) is 11.7. The molecule has 0 radical (unpaired) electrons. The molecule has 8 nitrogen and oxygen atoms in total. The molecule has 0 atom stereocenters. The smallest absolute Gasteiger partial charge is 0.210 e. The van der Waals surface area contributed by atoms with Crippen LogP contribution in [0.2, 0.25) is 0 Å². The Hall–Kier alpha value is -1.87. The van der Waals surface area contributed by atoms with Crippen molar-refractivity contribution in [2.75, 3.05) is 30.0 Å². The van der Waals surface area contributed by atoms with Crippen LogP contribution in [-0.4, -0.2) is 42.1 Å². The predicted molar refractivity (Wildman–Crippen MR) is 69.0 cm³/mol. The highest BCUT2D eigenvalue weighted by Crippen LogP contribution is 2.15. The molecular weight excluding hydrogens is 256 g/mol. The van der Waals surface area contributed by atoms with Crippen molar-refractivity contribution >= 4 is 27.3 Å². The van der Waals surface area contributed by atoms with Gasteiger partial charge in [0.05, 0.1) is 11.9 Å². The number of primary sulfonamides is 1. The molecule has 0 bridgehead atoms. The Balaban J connectivity index is 2.23. The van der Waals surface area contributed by atoms with Gasteiger partial charge in [0.2, 0.25) is 10.0 Å². The minimum Gasteiger partial charge on any atom is -0.372 e. The zero-order valence-electron chi connectivity index (χ0n) is 9.79. The van der Waals surface area contributed by atoms with Gasteiger partial charge in [-0.05, 0) is 0 Å². The highest BCUT2D eigenvalue weighted by molar-refractivity contribution is 7.89. The van der Waals surface area contributed by atoms with Crippen molar-refractivity contribution in [1.29, 1.82) is 0 Å². The molecule has 9 heteroatoms. The number of nitrogens with zero attached hydrogens (tertiary/aromatic N) is 3. The number of fused-ring (bicyclic) bond motifs is 1. The molecule has 4 N–H and O–H groups in total. The van der Waals surface area contributed by atoms with Crippen LogP contribution in [0, 0.1) is 0 Å². The summed E-state index contributed by atoms with van der Waals surface area (Å²) in [5.41, 5.74) is 0.628. The van der Waals surface area contributed by atoms with Crippen LogP contribution in [0.1, 0.15) is 0 Å². The second-order valence-electron chi connectivity index (χ2n) is 3.68. The van der Waals surface area contributed by atoms with Gasteiger partial charge in [-0.15, -0.1) is 0 Å². The van der Waals surface area contributed by atoms with Crippen molar-refractivity contribution in [3.8, 4) is 0 Å². The number of anilines is 2. The summed E-state index contributed by atoms with van der Waals surface area (Å²) in [7, 11) is -1.73. The minimum absolute atomic E-state index is 0.161. The Morgan fingerprint density at radius 2 is 2.28 bits per heavy atom. The summed E-state index contributed by atoms with van der Waals surface area (Å²) in [4.78, 5) is 8.41. The van der Waals surface area contributed by atoms with Crippen LogP contribution < -0.4 is 15.8 Å². The SMILES string of the molecule is CNc1cn2ccnc2c(NCCS(N)(=O)=O)n1. The van der Waals surface area contributed by atoms with Gasteiger partial charge in [-0.1, -0.05) is 0 Å². The third-order valence-electron chi connectivity index (χ3n) is 2.31. The van der Waals surface area contributed by atoms with E-state index >= 15 is 0 Å². The highest BCUT2D eigenvalue weighted by Gasteiger charge is 2.08. The van der Waals surface area contributed by atoms with Crippen LogP contribution in [0.4, 0.5) is 11.6 Å². The van der Waals surface area contributed by atoms with Crippen LogP contribution in [-0.2, 0) is 10.0 Å². The Morgan fingerprint density at radius 3 is 2.94 bits per heavy atom. The molecule has 2 rings (SSSR count). The van der Waals surface area contributed by atoms with Gasteiger partial charge < -0.3 is 15.0 Å². The van der Waals surface area contributed by atoms with E-state index in [0.29, 0.717) is 17.3 Å². The van der Waals surface area contributed by atoms with E-state index in [9.17, 15) is 8.42 Å². The monoisotopic (exact) mass is 270 g/mol. The van der Waals surface area contributed by atoms with Crippen molar-refractivity contribution in [3.63, 3.8) is 0 Å². The maximum Gasteiger partial charge on any atom is 0.210 e. The lowest BCUT2D eigenvalue weighted by atomic mass is 10.5. The Bertz CT molecular complexity index is 650. The predicted octanol–water partition coefficient (Wildman–Crippen LogP) is -0.529. The molecule has 0 fully saturated rings. The molecule has 0 amide bonds. The molecule has 0 spiro atoms. The largest absolute Gasteiger partial charge is 0.372 e. The summed E-state index contributed by atoms with van der Waals surface area (Å²) in [6.07, 6.45) is 5.21. The molecule has 0 aliphatic heterocycles. The molecule has 0 aliphatic rings. The fourth-order valence-corrected chi connectivity index (χ4v) is 1.87. The number of sulfonamides is 1. The van der Waals surface area contributed by atoms with Crippen LogP contribution >= 0.6 is 0 Å². The van der Waals surface area contributed by atoms with Crippen molar-refractivity contribution in [2.24, 2.45) is 5.14 Å². The minimum atomic E-state index is -3.48. The summed E-state index contributed by atoms with van der Waals surface area (Å²) < 4.78 is 23.5. The van der Waals surface area contributed by atoms with E-state index in [0.717, 1.165) is 0 Å². The van der Waals surface area contributed by atoms with Gasteiger partial charge in [0.15, 0.2) is 11.5 Å². The molecule has 0 aromatic carbocycles. The molecule has 0 aliphatic carbocycles. The first-order valence-electron chi connectivity index (χ1n) is 5.25. The van der Waals surface area contributed by atoms with Crippen molar-refractivity contribution < 1.29 is 8.42 Å². The van der Waals surface area contributed by atoms with Gasteiger partial charge in [0.25, 0.3) is 0 Å². The van der Waals surface area contributed by atoms with Gasteiger partial charge >= 0.3 is 0 Å². The number of aromatic nitrogens is 3. The Morgan fingerprint density at radius 1 is 1.50 bits per heavy atom. The maximum absolute atomic E-state index is 10.8. The zero-order chi connectivity index (χ0) is 13.2. The van der Waals surface area contributed by atoms with Crippen molar-refractivity contribution in [2.45, 2.75) is 0 Å². The topological polar surface area (TPSA) is 114 Å². The van der Waals surface area contributed by atoms with E-state index in [1.54, 1.807) is 30.0 Å². The Labute approximate surface area is 104 Å². The molecule has 98 valence electrons. The maximum atomic E-state index is 10.8. The average molecular weight is 270 g/mol. The van der Waals surface area contributed by atoms with E-state index in [4.69, 9.17) is 5.14 Å². The van der Waals surface area contributed by atoms with Gasteiger partial charge in [0.1, 0.15) is 5.82 Å². The molecule has 0 saturated carbocycles. The standard InChI is InChI=1S/C9H14N6O2S/c1-11-7-6-15-4-2-13-9(15)8(14-7)12-3-5-18(10,16)17/h2,4,6,11H,3,5H2,1H3,(H,12,14)(H2,10,16,17). The van der Waals surface area contributed by atoms with Gasteiger partial charge in [0, 0.05) is 26.0 Å². The fraction of sp³-hybridized carbons (Fsp3) is 0.333. The van der Waals surface area contributed by atoms with E-state index in [-0.39, 0.29) is 12.3 Å². The van der Waals surface area contributed by atoms with E-state index in [1.165, 1.54) is 0 Å². The van der Waals surface area contributed by atoms with Gasteiger partial charge in [-0.25, -0.2) is 23.5 Å². The number of imidazole rings is 1. The van der Waals surface area contributed by atoms with E-state index in [2.05, 4.69) is 20.6 Å². The first-order chi connectivity index (χ1) is 8.49. The van der Waals surface area contributed by atoms with Crippen LogP contribution in [0.25, 0.3) is 5.65 Å². The second kappa shape index (κ2) is 4.78. The number of rotatable bonds is 5. The molecule has 2 aromatic rings. The number of nitrogens with two attached hydrogens (primary N) is 1. The zero-order valence-corrected chi connectivity index (χ0v) is 10.6. The summed E-state index contributed by atoms with van der Waals surface area (Å²) in [5.74, 6) is 1.000. The third-order valence-corrected chi connectivity index (χ3v) is 3.08. The first kappa shape index (κ1) is 12.6. The fourth-order valence-electron chi connectivity index (χ4n) is 1.48. The summed E-state index contributed by atoms with van der Waals surface area (Å²) in [5, 5.41) is 10.8. The lowest BCUT2D eigenvalue weighted by Crippen LogP contribution is -2.23. The van der Waals surface area contributed by atoms with E-state index < -0.39 is 10.0 Å². The van der Waals surface area contributed by atoms with Crippen molar-refractivity contribution in [1.82, 2.24) is 14.4 Å². The van der Waals surface area contributed by atoms with Crippen molar-refractivity contribution in [3.05, 3.63) is 18.6 Å². The third kappa shape index (κ3) is 2.87. The van der Waals surface area contributed by atoms with Gasteiger partial charge in [-0.2, -0.15) is 0 Å². The lowest BCUT2D eigenvalue weighted by molar-refractivity contribution is 0.598.